The molecule has 1 aliphatic rings. The van der Waals surface area contributed by atoms with Gasteiger partial charge in [-0.1, -0.05) is 0 Å². The monoisotopic (exact) mass is 190 g/mol. The lowest BCUT2D eigenvalue weighted by Crippen LogP contribution is -2.37. The van der Waals surface area contributed by atoms with E-state index in [0.717, 1.165) is 13.0 Å². The Labute approximate surface area is 78.3 Å². The van der Waals surface area contributed by atoms with Gasteiger partial charge in [0.1, 0.15) is 0 Å². The molecule has 12 heavy (non-hydrogen) atoms. The smallest absolute Gasteiger partial charge is 0.0583 e. The maximum Gasteiger partial charge on any atom is 0.0583 e. The van der Waals surface area contributed by atoms with Gasteiger partial charge < -0.3 is 15.7 Å². The highest BCUT2D eigenvalue weighted by molar-refractivity contribution is 7.99. The van der Waals surface area contributed by atoms with Crippen molar-refractivity contribution in [2.45, 2.75) is 12.5 Å². The quantitative estimate of drug-likeness (QED) is 0.641. The summed E-state index contributed by atoms with van der Waals surface area (Å²) in [6.45, 7) is 3.52. The molecular weight excluding hydrogens is 172 g/mol. The van der Waals surface area contributed by atoms with Crippen LogP contribution in [-0.2, 0) is 0 Å². The standard InChI is InChI=1S/C8H18N2OS/c9-8(7-11)1-2-10-3-5-12-6-4-10/h8,11H,1-7,9H2. The Hall–Kier alpha value is 0.230. The molecule has 1 aliphatic heterocycles. The van der Waals surface area contributed by atoms with Crippen molar-refractivity contribution in [3.63, 3.8) is 0 Å². The first-order chi connectivity index (χ1) is 5.83. The Balaban J connectivity index is 2.05. The zero-order chi connectivity index (χ0) is 8.81. The van der Waals surface area contributed by atoms with E-state index in [-0.39, 0.29) is 12.6 Å². The fourth-order valence-electron chi connectivity index (χ4n) is 1.26. The summed E-state index contributed by atoms with van der Waals surface area (Å²) in [6.07, 6.45) is 0.918. The lowest BCUT2D eigenvalue weighted by atomic mass is 10.2. The molecule has 1 heterocycles. The average Bonchev–Trinajstić information content (AvgIpc) is 2.16. The molecule has 0 aliphatic carbocycles. The molecule has 4 heteroatoms. The minimum absolute atomic E-state index is 0.0282. The van der Waals surface area contributed by atoms with Crippen molar-refractivity contribution < 1.29 is 5.11 Å². The van der Waals surface area contributed by atoms with Crippen molar-refractivity contribution in [1.82, 2.24) is 4.90 Å². The summed E-state index contributed by atoms with van der Waals surface area (Å²) in [5.41, 5.74) is 5.61. The minimum atomic E-state index is -0.0282. The summed E-state index contributed by atoms with van der Waals surface area (Å²) in [4.78, 5) is 2.42. The van der Waals surface area contributed by atoms with Gasteiger partial charge >= 0.3 is 0 Å². The van der Waals surface area contributed by atoms with Crippen LogP contribution in [0.5, 0.6) is 0 Å². The van der Waals surface area contributed by atoms with Crippen LogP contribution in [0.15, 0.2) is 0 Å². The molecule has 3 N–H and O–H groups in total. The van der Waals surface area contributed by atoms with Crippen molar-refractivity contribution in [2.75, 3.05) is 37.7 Å². The molecule has 0 aromatic carbocycles. The zero-order valence-electron chi connectivity index (χ0n) is 7.41. The van der Waals surface area contributed by atoms with Gasteiger partial charge in [0.05, 0.1) is 6.61 Å². The van der Waals surface area contributed by atoms with Crippen LogP contribution in [0, 0.1) is 0 Å². The number of nitrogens with two attached hydrogens (primary N) is 1. The molecule has 1 saturated heterocycles. The van der Waals surface area contributed by atoms with Crippen LogP contribution in [0.2, 0.25) is 0 Å². The van der Waals surface area contributed by atoms with Crippen molar-refractivity contribution >= 4 is 11.8 Å². The number of rotatable bonds is 4. The van der Waals surface area contributed by atoms with Crippen LogP contribution in [0.1, 0.15) is 6.42 Å². The van der Waals surface area contributed by atoms with Crippen molar-refractivity contribution in [3.8, 4) is 0 Å². The van der Waals surface area contributed by atoms with Crippen LogP contribution >= 0.6 is 11.8 Å². The van der Waals surface area contributed by atoms with E-state index in [4.69, 9.17) is 10.8 Å². The number of aliphatic hydroxyl groups is 1. The van der Waals surface area contributed by atoms with Gasteiger partial charge in [-0.05, 0) is 13.0 Å². The molecule has 0 saturated carbocycles. The number of aliphatic hydroxyl groups excluding tert-OH is 1. The van der Waals surface area contributed by atoms with Crippen LogP contribution in [0.4, 0.5) is 0 Å². The maximum atomic E-state index is 8.72. The van der Waals surface area contributed by atoms with Crippen LogP contribution < -0.4 is 5.73 Å². The topological polar surface area (TPSA) is 49.5 Å². The van der Waals surface area contributed by atoms with Gasteiger partial charge in [-0.2, -0.15) is 11.8 Å². The summed E-state index contributed by atoms with van der Waals surface area (Å²) in [6, 6.07) is -0.0282. The van der Waals surface area contributed by atoms with Crippen LogP contribution in [0.3, 0.4) is 0 Å². The van der Waals surface area contributed by atoms with E-state index in [9.17, 15) is 0 Å². The predicted octanol–water partition coefficient (Wildman–Crippen LogP) is -0.255. The molecule has 1 rings (SSSR count). The fraction of sp³-hybridized carbons (Fsp3) is 1.00. The first-order valence-corrected chi connectivity index (χ1v) is 5.65. The van der Waals surface area contributed by atoms with E-state index < -0.39 is 0 Å². The summed E-state index contributed by atoms with van der Waals surface area (Å²) in [7, 11) is 0. The Morgan fingerprint density at radius 3 is 2.67 bits per heavy atom. The molecule has 0 amide bonds. The molecule has 1 atom stereocenters. The van der Waals surface area contributed by atoms with Gasteiger partial charge in [0.25, 0.3) is 0 Å². The van der Waals surface area contributed by atoms with Crippen LogP contribution in [0.25, 0.3) is 0 Å². The Bertz CT molecular complexity index is 118. The first kappa shape index (κ1) is 10.3. The molecular formula is C8H18N2OS. The van der Waals surface area contributed by atoms with Crippen LogP contribution in [-0.4, -0.2) is 53.8 Å². The van der Waals surface area contributed by atoms with E-state index in [1.807, 2.05) is 11.8 Å². The molecule has 0 radical (unpaired) electrons. The second-order valence-corrected chi connectivity index (χ2v) is 4.41. The largest absolute Gasteiger partial charge is 0.395 e. The third-order valence-electron chi connectivity index (χ3n) is 2.15. The van der Waals surface area contributed by atoms with E-state index in [1.165, 1.54) is 24.6 Å². The molecule has 0 aromatic rings. The highest BCUT2D eigenvalue weighted by Crippen LogP contribution is 2.09. The van der Waals surface area contributed by atoms with Gasteiger partial charge in [-0.15, -0.1) is 0 Å². The minimum Gasteiger partial charge on any atom is -0.395 e. The second-order valence-electron chi connectivity index (χ2n) is 3.19. The SMILES string of the molecule is NC(CO)CCN1CCSCC1. The zero-order valence-corrected chi connectivity index (χ0v) is 8.22. The van der Waals surface area contributed by atoms with E-state index in [1.54, 1.807) is 0 Å². The third kappa shape index (κ3) is 3.76. The van der Waals surface area contributed by atoms with E-state index >= 15 is 0 Å². The van der Waals surface area contributed by atoms with Gasteiger partial charge in [-0.3, -0.25) is 0 Å². The summed E-state index contributed by atoms with van der Waals surface area (Å²) in [5.74, 6) is 2.49. The normalized spacial score (nSPS) is 22.5. The van der Waals surface area contributed by atoms with Crippen molar-refractivity contribution in [1.29, 1.82) is 0 Å². The molecule has 0 spiro atoms. The highest BCUT2D eigenvalue weighted by atomic mass is 32.2. The molecule has 3 nitrogen and oxygen atoms in total. The Morgan fingerprint density at radius 2 is 2.08 bits per heavy atom. The predicted molar refractivity (Wildman–Crippen MR) is 53.4 cm³/mol. The molecule has 1 unspecified atom stereocenters. The second kappa shape index (κ2) is 5.80. The summed E-state index contributed by atoms with van der Waals surface area (Å²) < 4.78 is 0. The van der Waals surface area contributed by atoms with E-state index in [0.29, 0.717) is 0 Å². The molecule has 0 bridgehead atoms. The fourth-order valence-corrected chi connectivity index (χ4v) is 2.24. The first-order valence-electron chi connectivity index (χ1n) is 4.49. The number of nitrogens with zero attached hydrogens (tertiary/aromatic N) is 1. The maximum absolute atomic E-state index is 8.72. The number of hydrogen-bond acceptors (Lipinski definition) is 4. The number of hydrogen-bond donors (Lipinski definition) is 2. The Morgan fingerprint density at radius 1 is 1.42 bits per heavy atom. The van der Waals surface area contributed by atoms with Gasteiger partial charge in [-0.25, -0.2) is 0 Å². The molecule has 0 aromatic heterocycles. The summed E-state index contributed by atoms with van der Waals surface area (Å²) >= 11 is 2.02. The molecule has 1 fully saturated rings. The Kier molecular flexibility index (Phi) is 4.99. The van der Waals surface area contributed by atoms with Gasteiger partial charge in [0, 0.05) is 30.6 Å². The third-order valence-corrected chi connectivity index (χ3v) is 3.10. The average molecular weight is 190 g/mol. The highest BCUT2D eigenvalue weighted by Gasteiger charge is 2.10. The van der Waals surface area contributed by atoms with Gasteiger partial charge in [0.2, 0.25) is 0 Å². The lowest BCUT2D eigenvalue weighted by molar-refractivity contribution is 0.232. The molecule has 72 valence electrons. The van der Waals surface area contributed by atoms with Crippen molar-refractivity contribution in [2.24, 2.45) is 5.73 Å². The lowest BCUT2D eigenvalue weighted by Gasteiger charge is -2.26. The van der Waals surface area contributed by atoms with E-state index in [2.05, 4.69) is 4.90 Å². The summed E-state index contributed by atoms with van der Waals surface area (Å²) in [5, 5.41) is 8.72. The number of thioether (sulfide) groups is 1. The van der Waals surface area contributed by atoms with Crippen molar-refractivity contribution in [3.05, 3.63) is 0 Å². The van der Waals surface area contributed by atoms with Gasteiger partial charge in [0.15, 0.2) is 0 Å².